The van der Waals surface area contributed by atoms with E-state index in [-0.39, 0.29) is 0 Å². The Balaban J connectivity index is 1.86. The molecule has 0 spiro atoms. The highest BCUT2D eigenvalue weighted by Gasteiger charge is 1.99. The molecule has 0 aliphatic rings. The molecule has 3 nitrogen and oxygen atoms in total. The van der Waals surface area contributed by atoms with Gasteiger partial charge < -0.3 is 10.6 Å². The highest BCUT2D eigenvalue weighted by atomic mass is 32.1. The molecule has 98 valence electrons. The van der Waals surface area contributed by atoms with Crippen LogP contribution in [0, 0.1) is 13.8 Å². The van der Waals surface area contributed by atoms with E-state index >= 15 is 0 Å². The van der Waals surface area contributed by atoms with Gasteiger partial charge in [0.1, 0.15) is 5.82 Å². The maximum atomic E-state index is 5.24. The van der Waals surface area contributed by atoms with Crippen LogP contribution in [-0.4, -0.2) is 10.1 Å². The van der Waals surface area contributed by atoms with Crippen molar-refractivity contribution in [1.29, 1.82) is 0 Å². The number of nitrogens with zero attached hydrogens (tertiary/aromatic N) is 1. The third-order valence-electron chi connectivity index (χ3n) is 2.69. The van der Waals surface area contributed by atoms with E-state index in [1.165, 1.54) is 11.1 Å². The van der Waals surface area contributed by atoms with E-state index in [0.717, 1.165) is 11.4 Å². The first-order valence-corrected chi connectivity index (χ1v) is 6.57. The average Bonchev–Trinajstić information content (AvgIpc) is 2.39. The highest BCUT2D eigenvalue weighted by Crippen LogP contribution is 2.05. The van der Waals surface area contributed by atoms with E-state index in [1.54, 1.807) is 0 Å². The Labute approximate surface area is 119 Å². The van der Waals surface area contributed by atoms with Gasteiger partial charge in [0.2, 0.25) is 0 Å². The molecule has 4 heteroatoms. The minimum atomic E-state index is 0.581. The quantitative estimate of drug-likeness (QED) is 0.841. The van der Waals surface area contributed by atoms with Crippen LogP contribution in [0.2, 0.25) is 0 Å². The standard InChI is InChI=1S/C15H17N3S/c1-11-4-3-5-13(8-11)10-17-15(19)18-14-7-6-12(2)9-16-14/h3-9H,10H2,1-2H3,(H2,16,17,18,19). The zero-order valence-electron chi connectivity index (χ0n) is 11.1. The van der Waals surface area contributed by atoms with Crippen LogP contribution in [-0.2, 0) is 6.54 Å². The van der Waals surface area contributed by atoms with E-state index in [4.69, 9.17) is 12.2 Å². The molecule has 0 bridgehead atoms. The molecule has 0 radical (unpaired) electrons. The van der Waals surface area contributed by atoms with Gasteiger partial charge in [0, 0.05) is 12.7 Å². The number of nitrogens with one attached hydrogen (secondary N) is 2. The summed E-state index contributed by atoms with van der Waals surface area (Å²) in [4.78, 5) is 4.25. The highest BCUT2D eigenvalue weighted by molar-refractivity contribution is 7.80. The van der Waals surface area contributed by atoms with Gasteiger partial charge in [0.25, 0.3) is 0 Å². The third kappa shape index (κ3) is 4.34. The van der Waals surface area contributed by atoms with Crippen molar-refractivity contribution in [3.8, 4) is 0 Å². The van der Waals surface area contributed by atoms with E-state index in [0.29, 0.717) is 11.7 Å². The van der Waals surface area contributed by atoms with Crippen LogP contribution < -0.4 is 10.6 Å². The van der Waals surface area contributed by atoms with Gasteiger partial charge in [0.05, 0.1) is 0 Å². The summed E-state index contributed by atoms with van der Waals surface area (Å²) in [5, 5.41) is 6.81. The minimum absolute atomic E-state index is 0.581. The van der Waals surface area contributed by atoms with Gasteiger partial charge in [-0.05, 0) is 43.3 Å². The molecule has 1 aromatic heterocycles. The molecular weight excluding hydrogens is 254 g/mol. The Morgan fingerprint density at radius 1 is 1.16 bits per heavy atom. The lowest BCUT2D eigenvalue weighted by Gasteiger charge is -2.10. The van der Waals surface area contributed by atoms with Crippen molar-refractivity contribution in [1.82, 2.24) is 10.3 Å². The molecule has 0 atom stereocenters. The van der Waals surface area contributed by atoms with Crippen LogP contribution in [0.4, 0.5) is 5.82 Å². The summed E-state index contributed by atoms with van der Waals surface area (Å²) < 4.78 is 0. The van der Waals surface area contributed by atoms with Crippen molar-refractivity contribution >= 4 is 23.1 Å². The summed E-state index contributed by atoms with van der Waals surface area (Å²) >= 11 is 5.24. The zero-order valence-corrected chi connectivity index (χ0v) is 11.9. The summed E-state index contributed by atoms with van der Waals surface area (Å²) in [6.45, 7) is 4.79. The van der Waals surface area contributed by atoms with Crippen LogP contribution >= 0.6 is 12.2 Å². The Morgan fingerprint density at radius 3 is 2.68 bits per heavy atom. The second-order valence-electron chi connectivity index (χ2n) is 4.52. The van der Waals surface area contributed by atoms with Gasteiger partial charge in [-0.15, -0.1) is 0 Å². The summed E-state index contributed by atoms with van der Waals surface area (Å²) in [7, 11) is 0. The van der Waals surface area contributed by atoms with Crippen LogP contribution in [0.25, 0.3) is 0 Å². The molecule has 2 N–H and O–H groups in total. The molecule has 0 saturated carbocycles. The second-order valence-corrected chi connectivity index (χ2v) is 4.93. The number of hydrogen-bond donors (Lipinski definition) is 2. The smallest absolute Gasteiger partial charge is 0.172 e. The number of pyridine rings is 1. The largest absolute Gasteiger partial charge is 0.358 e. The van der Waals surface area contributed by atoms with Crippen molar-refractivity contribution in [3.05, 3.63) is 59.3 Å². The molecule has 0 aliphatic heterocycles. The molecule has 1 aromatic carbocycles. The normalized spacial score (nSPS) is 10.0. The molecule has 0 aliphatic carbocycles. The maximum Gasteiger partial charge on any atom is 0.172 e. The number of hydrogen-bond acceptors (Lipinski definition) is 2. The van der Waals surface area contributed by atoms with Crippen molar-refractivity contribution in [2.45, 2.75) is 20.4 Å². The van der Waals surface area contributed by atoms with E-state index < -0.39 is 0 Å². The Kier molecular flexibility index (Phi) is 4.47. The van der Waals surface area contributed by atoms with Gasteiger partial charge in [-0.25, -0.2) is 4.98 Å². The fourth-order valence-electron chi connectivity index (χ4n) is 1.71. The molecule has 19 heavy (non-hydrogen) atoms. The fraction of sp³-hybridized carbons (Fsp3) is 0.200. The van der Waals surface area contributed by atoms with Gasteiger partial charge in [-0.1, -0.05) is 35.9 Å². The van der Waals surface area contributed by atoms with Crippen LogP contribution in [0.5, 0.6) is 0 Å². The summed E-state index contributed by atoms with van der Waals surface area (Å²) in [5.41, 5.74) is 3.59. The zero-order chi connectivity index (χ0) is 13.7. The number of anilines is 1. The van der Waals surface area contributed by atoms with Crippen molar-refractivity contribution < 1.29 is 0 Å². The van der Waals surface area contributed by atoms with Crippen molar-refractivity contribution in [2.24, 2.45) is 0 Å². The van der Waals surface area contributed by atoms with Crippen molar-refractivity contribution in [2.75, 3.05) is 5.32 Å². The Bertz CT molecular complexity index is 564. The molecular formula is C15H17N3S. The summed E-state index contributed by atoms with van der Waals surface area (Å²) in [6.07, 6.45) is 1.81. The number of benzene rings is 1. The fourth-order valence-corrected chi connectivity index (χ4v) is 1.88. The predicted octanol–water partition coefficient (Wildman–Crippen LogP) is 3.19. The molecule has 0 amide bonds. The topological polar surface area (TPSA) is 37.0 Å². The molecule has 0 saturated heterocycles. The first-order chi connectivity index (χ1) is 9.13. The number of aromatic nitrogens is 1. The first kappa shape index (κ1) is 13.5. The maximum absolute atomic E-state index is 5.24. The number of thiocarbonyl (C=S) groups is 1. The molecule has 2 rings (SSSR count). The van der Waals surface area contributed by atoms with Gasteiger partial charge in [-0.3, -0.25) is 0 Å². The van der Waals surface area contributed by atoms with E-state index in [9.17, 15) is 0 Å². The monoisotopic (exact) mass is 271 g/mol. The molecule has 1 heterocycles. The van der Waals surface area contributed by atoms with Crippen molar-refractivity contribution in [3.63, 3.8) is 0 Å². The predicted molar refractivity (Wildman–Crippen MR) is 83.2 cm³/mol. The van der Waals surface area contributed by atoms with Gasteiger partial charge in [-0.2, -0.15) is 0 Å². The van der Waals surface area contributed by atoms with Gasteiger partial charge >= 0.3 is 0 Å². The summed E-state index contributed by atoms with van der Waals surface area (Å²) in [5.74, 6) is 0.757. The van der Waals surface area contributed by atoms with E-state index in [2.05, 4.69) is 40.7 Å². The number of rotatable bonds is 3. The lowest BCUT2D eigenvalue weighted by Crippen LogP contribution is -2.28. The van der Waals surface area contributed by atoms with Gasteiger partial charge in [0.15, 0.2) is 5.11 Å². The lowest BCUT2D eigenvalue weighted by atomic mass is 10.1. The minimum Gasteiger partial charge on any atom is -0.358 e. The second kappa shape index (κ2) is 6.29. The first-order valence-electron chi connectivity index (χ1n) is 6.16. The van der Waals surface area contributed by atoms with Crippen LogP contribution in [0.15, 0.2) is 42.6 Å². The Morgan fingerprint density at radius 2 is 2.00 bits per heavy atom. The molecule has 0 unspecified atom stereocenters. The number of aryl methyl sites for hydroxylation is 2. The van der Waals surface area contributed by atoms with E-state index in [1.807, 2.05) is 31.3 Å². The average molecular weight is 271 g/mol. The Hall–Kier alpha value is -1.94. The lowest BCUT2D eigenvalue weighted by molar-refractivity contribution is 0.923. The summed E-state index contributed by atoms with van der Waals surface area (Å²) in [6, 6.07) is 12.3. The third-order valence-corrected chi connectivity index (χ3v) is 2.93. The SMILES string of the molecule is Cc1ccc(NC(=S)NCc2cccc(C)c2)nc1. The molecule has 0 fully saturated rings. The van der Waals surface area contributed by atoms with Crippen LogP contribution in [0.3, 0.4) is 0 Å². The molecule has 2 aromatic rings. The van der Waals surface area contributed by atoms with Crippen LogP contribution in [0.1, 0.15) is 16.7 Å².